The van der Waals surface area contributed by atoms with Crippen molar-refractivity contribution in [1.29, 1.82) is 0 Å². The van der Waals surface area contributed by atoms with Gasteiger partial charge in [0.05, 0.1) is 0 Å². The fourth-order valence-corrected chi connectivity index (χ4v) is 1.33. The molecular formula is C22H20Cl2FePd-8. The van der Waals surface area contributed by atoms with Gasteiger partial charge in [-0.3, -0.25) is 0 Å². The molecule has 0 N–H and O–H groups in total. The van der Waals surface area contributed by atoms with Gasteiger partial charge in [-0.15, -0.1) is 0 Å². The van der Waals surface area contributed by atoms with E-state index < -0.39 is 0 Å². The molecule has 148 valence electrons. The summed E-state index contributed by atoms with van der Waals surface area (Å²) in [5, 5.41) is 0. The van der Waals surface area contributed by atoms with Gasteiger partial charge >= 0.3 is 35.0 Å². The minimum Gasteiger partial charge on any atom is -0.748 e. The number of rotatable bonds is 0. The number of hydrogen-bond acceptors (Lipinski definition) is 0. The molecule has 0 aliphatic rings. The zero-order valence-electron chi connectivity index (χ0n) is 14.0. The molecular weight excluding hydrogens is 497 g/mol. The van der Waals surface area contributed by atoms with Crippen molar-refractivity contribution in [2.75, 3.05) is 0 Å². The first-order valence-corrected chi connectivity index (χ1v) is 11.4. The molecule has 0 bridgehead atoms. The third kappa shape index (κ3) is 25.1. The fourth-order valence-electron chi connectivity index (χ4n) is 1.33. The molecule has 0 aromatic heterocycles. The Balaban J connectivity index is 0. The van der Waals surface area contributed by atoms with Gasteiger partial charge < -0.3 is 30.3 Å². The SMILES string of the molecule is [Cl][Pd][Cl].[Fe].[c-]1ccccc1.[c-]1ccccc1.[cH-]1[cH-][cH-][cH-][cH-]1.c1cc[cH-]c1. The maximum absolute atomic E-state index is 4.81. The van der Waals surface area contributed by atoms with Crippen LogP contribution < -0.4 is 0 Å². The molecule has 0 amide bonds. The van der Waals surface area contributed by atoms with Crippen LogP contribution in [0.3, 0.4) is 0 Å². The summed E-state index contributed by atoms with van der Waals surface area (Å²) in [6, 6.07) is 45.0. The van der Waals surface area contributed by atoms with E-state index in [2.05, 4.69) is 12.1 Å². The molecule has 4 heteroatoms. The van der Waals surface area contributed by atoms with Gasteiger partial charge in [0, 0.05) is 17.1 Å². The van der Waals surface area contributed by atoms with Crippen molar-refractivity contribution in [2.24, 2.45) is 0 Å². The first-order chi connectivity index (χ1) is 12.4. The third-order valence-corrected chi connectivity index (χ3v) is 2.33. The van der Waals surface area contributed by atoms with Crippen molar-refractivity contribution in [3.63, 3.8) is 0 Å². The Hall–Kier alpha value is -1.10. The van der Waals surface area contributed by atoms with E-state index in [1.54, 1.807) is 0 Å². The van der Waals surface area contributed by atoms with Crippen LogP contribution in [0.2, 0.25) is 0 Å². The molecule has 0 atom stereocenters. The Bertz CT molecular complexity index is 466. The Morgan fingerprint density at radius 2 is 0.846 bits per heavy atom. The maximum atomic E-state index is 4.81. The van der Waals surface area contributed by atoms with Gasteiger partial charge in [-0.25, -0.2) is 12.1 Å². The number of benzene rings is 2. The first-order valence-electron chi connectivity index (χ1n) is 7.39. The Morgan fingerprint density at radius 1 is 0.538 bits per heavy atom. The number of halogens is 2. The average Bonchev–Trinajstić information content (AvgIpc) is 3.44. The second-order valence-electron chi connectivity index (χ2n) is 4.12. The van der Waals surface area contributed by atoms with Crippen molar-refractivity contribution >= 4 is 19.1 Å². The molecule has 0 saturated heterocycles. The van der Waals surface area contributed by atoms with E-state index in [1.807, 2.05) is 121 Å². The molecule has 26 heavy (non-hydrogen) atoms. The van der Waals surface area contributed by atoms with Crippen LogP contribution in [0.1, 0.15) is 0 Å². The third-order valence-electron chi connectivity index (χ3n) is 2.33. The van der Waals surface area contributed by atoms with E-state index in [1.165, 1.54) is 0 Å². The van der Waals surface area contributed by atoms with E-state index in [-0.39, 0.29) is 33.0 Å². The predicted molar refractivity (Wildman–Crippen MR) is 106 cm³/mol. The van der Waals surface area contributed by atoms with Crippen LogP contribution in [0.25, 0.3) is 0 Å². The van der Waals surface area contributed by atoms with Gasteiger partial charge in [0.25, 0.3) is 0 Å². The smallest absolute Gasteiger partial charge is 0 e. The second-order valence-corrected chi connectivity index (χ2v) is 6.48. The van der Waals surface area contributed by atoms with Gasteiger partial charge in [-0.05, 0) is 0 Å². The van der Waals surface area contributed by atoms with E-state index in [0.717, 1.165) is 0 Å². The van der Waals surface area contributed by atoms with Crippen LogP contribution in [-0.2, 0) is 33.0 Å². The zero-order chi connectivity index (χ0) is 18.3. The maximum Gasteiger partial charge on any atom is 0 e. The summed E-state index contributed by atoms with van der Waals surface area (Å²) in [5.41, 5.74) is 0. The van der Waals surface area contributed by atoms with Crippen molar-refractivity contribution in [1.82, 2.24) is 0 Å². The predicted octanol–water partition coefficient (Wildman–Crippen LogP) is 7.16. The minimum atomic E-state index is -0.106. The summed E-state index contributed by atoms with van der Waals surface area (Å²) in [5.74, 6) is 0. The van der Waals surface area contributed by atoms with E-state index in [9.17, 15) is 0 Å². The van der Waals surface area contributed by atoms with Crippen molar-refractivity contribution in [2.45, 2.75) is 0 Å². The van der Waals surface area contributed by atoms with E-state index in [4.69, 9.17) is 19.1 Å². The Kier molecular flexibility index (Phi) is 27.3. The summed E-state index contributed by atoms with van der Waals surface area (Å²) in [6.07, 6.45) is 0. The Morgan fingerprint density at radius 3 is 0.962 bits per heavy atom. The van der Waals surface area contributed by atoms with Crippen LogP contribution >= 0.6 is 19.1 Å². The van der Waals surface area contributed by atoms with Crippen LogP contribution in [0.5, 0.6) is 0 Å². The molecule has 4 rings (SSSR count). The summed E-state index contributed by atoms with van der Waals surface area (Å²) in [4.78, 5) is 0. The summed E-state index contributed by atoms with van der Waals surface area (Å²) in [7, 11) is 9.63. The summed E-state index contributed by atoms with van der Waals surface area (Å²) in [6.45, 7) is 0. The van der Waals surface area contributed by atoms with Gasteiger partial charge in [0.2, 0.25) is 0 Å². The van der Waals surface area contributed by atoms with E-state index in [0.29, 0.717) is 0 Å². The quantitative estimate of drug-likeness (QED) is 0.172. The molecule has 0 nitrogen and oxygen atoms in total. The topological polar surface area (TPSA) is 0 Å². The molecule has 0 spiro atoms. The van der Waals surface area contributed by atoms with Crippen LogP contribution in [0, 0.1) is 12.1 Å². The molecule has 4 aromatic rings. The molecule has 0 heterocycles. The van der Waals surface area contributed by atoms with Crippen molar-refractivity contribution < 1.29 is 33.0 Å². The van der Waals surface area contributed by atoms with Crippen molar-refractivity contribution in [3.8, 4) is 0 Å². The monoisotopic (exact) mass is 516 g/mol. The first kappa shape index (κ1) is 27.1. The van der Waals surface area contributed by atoms with Crippen LogP contribution in [0.4, 0.5) is 0 Å². The molecule has 0 fully saturated rings. The van der Waals surface area contributed by atoms with Crippen LogP contribution in [-0.4, -0.2) is 0 Å². The molecule has 0 radical (unpaired) electrons. The minimum absolute atomic E-state index is 0. The van der Waals surface area contributed by atoms with Gasteiger partial charge in [-0.1, -0.05) is 0 Å². The summed E-state index contributed by atoms with van der Waals surface area (Å²) < 4.78 is 0. The van der Waals surface area contributed by atoms with Crippen molar-refractivity contribution in [3.05, 3.63) is 133 Å². The second kappa shape index (κ2) is 26.1. The van der Waals surface area contributed by atoms with Gasteiger partial charge in [0.1, 0.15) is 0 Å². The number of hydrogen-bond donors (Lipinski definition) is 0. The standard InChI is InChI=1S/2C6H5.2C5H5.2ClH.Fe.Pd/c2*1-2-4-6-5-3-1;2*1-2-4-5-3-1;;;;/h2*1-5H;2*1-5H;2*1H;;/q2*-1;-5;-1;;;;+2/p-2. The zero-order valence-corrected chi connectivity index (χ0v) is 18.1. The van der Waals surface area contributed by atoms with Gasteiger partial charge in [-0.2, -0.15) is 91.0 Å². The largest absolute Gasteiger partial charge is 0.748 e. The normalized spacial score (nSPS) is 7.62. The van der Waals surface area contributed by atoms with Crippen LogP contribution in [0.15, 0.2) is 121 Å². The summed E-state index contributed by atoms with van der Waals surface area (Å²) >= 11 is -0.106. The molecule has 0 aliphatic carbocycles. The molecule has 4 aromatic carbocycles. The van der Waals surface area contributed by atoms with E-state index >= 15 is 0 Å². The molecule has 0 aliphatic heterocycles. The Labute approximate surface area is 184 Å². The average molecular weight is 518 g/mol. The molecule has 0 saturated carbocycles. The molecule has 0 unspecified atom stereocenters. The fraction of sp³-hybridized carbons (Fsp3) is 0. The van der Waals surface area contributed by atoms with Gasteiger partial charge in [0.15, 0.2) is 0 Å².